The summed E-state index contributed by atoms with van der Waals surface area (Å²) in [4.78, 5) is 4.98. The van der Waals surface area contributed by atoms with Crippen LogP contribution < -0.4 is 0 Å². The highest BCUT2D eigenvalue weighted by Crippen LogP contribution is 2.28. The maximum absolute atomic E-state index is 4.98. The predicted molar refractivity (Wildman–Crippen MR) is 132 cm³/mol. The molecule has 0 bridgehead atoms. The maximum Gasteiger partial charge on any atom is 0.0715 e. The van der Waals surface area contributed by atoms with Crippen molar-refractivity contribution >= 4 is 11.1 Å². The molecule has 1 nitrogen and oxygen atoms in total. The van der Waals surface area contributed by atoms with Crippen molar-refractivity contribution in [2.24, 2.45) is 0 Å². The van der Waals surface area contributed by atoms with Gasteiger partial charge in [0.2, 0.25) is 0 Å². The lowest BCUT2D eigenvalue weighted by molar-refractivity contribution is 1.26. The van der Waals surface area contributed by atoms with E-state index in [-0.39, 0.29) is 0 Å². The maximum atomic E-state index is 4.98. The van der Waals surface area contributed by atoms with E-state index in [1.165, 1.54) is 16.7 Å². The van der Waals surface area contributed by atoms with Crippen LogP contribution in [0.25, 0.3) is 22.4 Å². The van der Waals surface area contributed by atoms with Gasteiger partial charge in [0.15, 0.2) is 0 Å². The van der Waals surface area contributed by atoms with Crippen LogP contribution in [0.4, 0.5) is 0 Å². The first-order valence-corrected chi connectivity index (χ1v) is 10.4. The largest absolute Gasteiger partial charge is 0.248 e. The third-order valence-corrected chi connectivity index (χ3v) is 4.27. The van der Waals surface area contributed by atoms with E-state index < -0.39 is 0 Å². The van der Waals surface area contributed by atoms with E-state index in [0.717, 1.165) is 28.1 Å². The lowest BCUT2D eigenvalue weighted by Crippen LogP contribution is -1.96. The van der Waals surface area contributed by atoms with Gasteiger partial charge in [-0.05, 0) is 75.6 Å². The molecule has 0 fully saturated rings. The highest BCUT2D eigenvalue weighted by molar-refractivity contribution is 5.81. The van der Waals surface area contributed by atoms with E-state index in [2.05, 4.69) is 82.0 Å². The average molecular weight is 386 g/mol. The van der Waals surface area contributed by atoms with Crippen LogP contribution in [0.15, 0.2) is 79.4 Å². The summed E-state index contributed by atoms with van der Waals surface area (Å²) in [6, 6.07) is 10.9. The first-order valence-electron chi connectivity index (χ1n) is 10.4. The van der Waals surface area contributed by atoms with Crippen LogP contribution in [0.1, 0.15) is 57.0 Å². The van der Waals surface area contributed by atoms with Crippen molar-refractivity contribution in [3.8, 4) is 11.3 Å². The molecule has 2 aromatic rings. The zero-order chi connectivity index (χ0) is 21.8. The summed E-state index contributed by atoms with van der Waals surface area (Å²) in [5.41, 5.74) is 8.96. The van der Waals surface area contributed by atoms with E-state index in [0.29, 0.717) is 0 Å². The lowest BCUT2D eigenvalue weighted by atomic mass is 9.98. The fourth-order valence-corrected chi connectivity index (χ4v) is 3.19. The topological polar surface area (TPSA) is 12.9 Å². The molecule has 152 valence electrons. The number of allylic oxidation sites excluding steroid dienone is 9. The van der Waals surface area contributed by atoms with Gasteiger partial charge in [-0.25, -0.2) is 4.98 Å². The van der Waals surface area contributed by atoms with E-state index in [1.807, 2.05) is 45.9 Å². The summed E-state index contributed by atoms with van der Waals surface area (Å²) in [6.07, 6.45) is 14.3. The summed E-state index contributed by atoms with van der Waals surface area (Å²) < 4.78 is 0. The number of aromatic nitrogens is 1. The number of hydrogen-bond donors (Lipinski definition) is 0. The van der Waals surface area contributed by atoms with Gasteiger partial charge in [-0.1, -0.05) is 80.2 Å². The van der Waals surface area contributed by atoms with E-state index in [1.54, 1.807) is 0 Å². The van der Waals surface area contributed by atoms with Crippen molar-refractivity contribution in [2.45, 2.75) is 48.5 Å². The Labute approximate surface area is 177 Å². The number of pyridine rings is 1. The van der Waals surface area contributed by atoms with Crippen molar-refractivity contribution in [3.05, 3.63) is 102 Å². The molecule has 0 unspecified atom stereocenters. The van der Waals surface area contributed by atoms with Crippen molar-refractivity contribution in [1.82, 2.24) is 4.98 Å². The number of rotatable bonds is 6. The Hall–Kier alpha value is -2.93. The highest BCUT2D eigenvalue weighted by atomic mass is 14.7. The normalized spacial score (nSPS) is 12.2. The minimum atomic E-state index is 0.948. The smallest absolute Gasteiger partial charge is 0.0715 e. The Bertz CT molecular complexity index is 917. The van der Waals surface area contributed by atoms with Crippen molar-refractivity contribution in [1.29, 1.82) is 0 Å². The molecule has 1 aromatic heterocycles. The molecular weight excluding hydrogens is 350 g/mol. The number of aryl methyl sites for hydroxylation is 2. The van der Waals surface area contributed by atoms with Crippen LogP contribution in [-0.2, 0) is 0 Å². The molecule has 29 heavy (non-hydrogen) atoms. The highest BCUT2D eigenvalue weighted by Gasteiger charge is 2.10. The summed E-state index contributed by atoms with van der Waals surface area (Å²) in [5.74, 6) is 0. The van der Waals surface area contributed by atoms with Crippen molar-refractivity contribution in [2.75, 3.05) is 0 Å². The van der Waals surface area contributed by atoms with Gasteiger partial charge in [0.05, 0.1) is 11.4 Å². The first kappa shape index (κ1) is 24.1. The van der Waals surface area contributed by atoms with Crippen molar-refractivity contribution in [3.63, 3.8) is 0 Å². The van der Waals surface area contributed by atoms with Crippen LogP contribution >= 0.6 is 0 Å². The monoisotopic (exact) mass is 385 g/mol. The van der Waals surface area contributed by atoms with Gasteiger partial charge in [0.1, 0.15) is 0 Å². The number of hydrogen-bond acceptors (Lipinski definition) is 1. The summed E-state index contributed by atoms with van der Waals surface area (Å²) in [5, 5.41) is 0. The fraction of sp³-hybridized carbons (Fsp3) is 0.250. The second kappa shape index (κ2) is 12.5. The third kappa shape index (κ3) is 6.87. The molecule has 0 atom stereocenters. The van der Waals surface area contributed by atoms with Crippen LogP contribution in [0, 0.1) is 13.8 Å². The summed E-state index contributed by atoms with van der Waals surface area (Å²) in [6.45, 7) is 18.2. The minimum Gasteiger partial charge on any atom is -0.248 e. The molecule has 1 aromatic carbocycles. The Morgan fingerprint density at radius 2 is 1.41 bits per heavy atom. The summed E-state index contributed by atoms with van der Waals surface area (Å²) >= 11 is 0. The quantitative estimate of drug-likeness (QED) is 0.454. The zero-order valence-corrected chi connectivity index (χ0v) is 19.1. The van der Waals surface area contributed by atoms with Crippen LogP contribution in [0.3, 0.4) is 0 Å². The molecule has 0 aliphatic heterocycles. The first-order chi connectivity index (χ1) is 14.0. The Morgan fingerprint density at radius 3 is 1.93 bits per heavy atom. The van der Waals surface area contributed by atoms with Gasteiger partial charge in [0, 0.05) is 5.56 Å². The van der Waals surface area contributed by atoms with Gasteiger partial charge in [-0.15, -0.1) is 0 Å². The second-order valence-electron chi connectivity index (χ2n) is 6.60. The number of benzene rings is 1. The van der Waals surface area contributed by atoms with E-state index in [4.69, 9.17) is 4.98 Å². The molecule has 0 aliphatic rings. The van der Waals surface area contributed by atoms with Crippen LogP contribution in [0.5, 0.6) is 0 Å². The SMILES string of the molecule is C=C/C=C(\C=C/C)c1cc(C(/C=C\C)=C/C)cc(-c2cc(C)cc(C)c2)n1.CC. The summed E-state index contributed by atoms with van der Waals surface area (Å²) in [7, 11) is 0. The van der Waals surface area contributed by atoms with Gasteiger partial charge in [0.25, 0.3) is 0 Å². The molecule has 0 amide bonds. The standard InChI is InChI=1S/C26H29N.C2H6/c1-7-11-21(10-4)23-17-25(22(12-8-2)13-9-3)27-26(18-23)24-15-19(5)14-20(6)16-24;1-2/h7-18H,2H2,1,3-6H3;1-2H3/b11-7-,13-9-,21-10+,22-12+;. The van der Waals surface area contributed by atoms with Gasteiger partial charge >= 0.3 is 0 Å². The molecular formula is C28H35N. The van der Waals surface area contributed by atoms with Gasteiger partial charge in [-0.3, -0.25) is 0 Å². The second-order valence-corrected chi connectivity index (χ2v) is 6.60. The molecule has 0 N–H and O–H groups in total. The zero-order valence-electron chi connectivity index (χ0n) is 19.1. The molecule has 2 rings (SSSR count). The molecule has 1 heterocycles. The van der Waals surface area contributed by atoms with Gasteiger partial charge < -0.3 is 0 Å². The molecule has 0 spiro atoms. The van der Waals surface area contributed by atoms with Gasteiger partial charge in [-0.2, -0.15) is 0 Å². The Morgan fingerprint density at radius 1 is 0.828 bits per heavy atom. The molecule has 0 saturated heterocycles. The minimum absolute atomic E-state index is 0.948. The molecule has 0 aliphatic carbocycles. The average Bonchev–Trinajstić information content (AvgIpc) is 2.72. The Balaban J connectivity index is 0.00000204. The fourth-order valence-electron chi connectivity index (χ4n) is 3.19. The number of nitrogens with zero attached hydrogens (tertiary/aromatic N) is 1. The molecule has 0 saturated carbocycles. The van der Waals surface area contributed by atoms with Crippen LogP contribution in [-0.4, -0.2) is 4.98 Å². The Kier molecular flexibility index (Phi) is 10.4. The predicted octanol–water partition coefficient (Wildman–Crippen LogP) is 8.52. The van der Waals surface area contributed by atoms with E-state index >= 15 is 0 Å². The van der Waals surface area contributed by atoms with Crippen LogP contribution in [0.2, 0.25) is 0 Å². The van der Waals surface area contributed by atoms with E-state index in [9.17, 15) is 0 Å². The lowest BCUT2D eigenvalue weighted by Gasteiger charge is -2.12. The van der Waals surface area contributed by atoms with Crippen molar-refractivity contribution < 1.29 is 0 Å². The molecule has 1 heteroatoms. The molecule has 0 radical (unpaired) electrons. The third-order valence-electron chi connectivity index (χ3n) is 4.27.